The molecule has 0 atom stereocenters. The number of amides is 1. The largest absolute Gasteiger partial charge is 0.464 e. The monoisotopic (exact) mass is 379 g/mol. The highest BCUT2D eigenvalue weighted by Crippen LogP contribution is 2.32. The molecule has 1 aromatic heterocycles. The van der Waals surface area contributed by atoms with Gasteiger partial charge in [-0.15, -0.1) is 0 Å². The normalized spacial score (nSPS) is 11.3. The minimum absolute atomic E-state index is 0.0690. The average molecular weight is 379 g/mol. The molecule has 0 bridgehead atoms. The van der Waals surface area contributed by atoms with Crippen LogP contribution in [0.5, 0.6) is 0 Å². The highest BCUT2D eigenvalue weighted by Gasteiger charge is 2.19. The molecule has 29 heavy (non-hydrogen) atoms. The third-order valence-electron chi connectivity index (χ3n) is 5.56. The van der Waals surface area contributed by atoms with Crippen LogP contribution in [0.2, 0.25) is 0 Å². The van der Waals surface area contributed by atoms with Gasteiger partial charge in [-0.05, 0) is 35.2 Å². The Labute approximate surface area is 169 Å². The highest BCUT2D eigenvalue weighted by atomic mass is 16.3. The number of carbonyl (C=O) groups excluding carboxylic acids is 1. The van der Waals surface area contributed by atoms with Crippen LogP contribution in [0.1, 0.15) is 12.5 Å². The van der Waals surface area contributed by atoms with Crippen LogP contribution in [-0.4, -0.2) is 12.5 Å². The fourth-order valence-electron chi connectivity index (χ4n) is 4.19. The first kappa shape index (κ1) is 17.5. The quantitative estimate of drug-likeness (QED) is 0.365. The van der Waals surface area contributed by atoms with Crippen LogP contribution in [0.3, 0.4) is 0 Å². The van der Waals surface area contributed by atoms with Gasteiger partial charge in [-0.25, -0.2) is 0 Å². The van der Waals surface area contributed by atoms with Crippen LogP contribution < -0.4 is 4.90 Å². The zero-order valence-electron chi connectivity index (χ0n) is 16.3. The molecule has 0 radical (unpaired) electrons. The van der Waals surface area contributed by atoms with Crippen molar-refractivity contribution in [3.05, 3.63) is 90.7 Å². The maximum atomic E-state index is 13.3. The molecule has 1 heterocycles. The van der Waals surface area contributed by atoms with E-state index in [1.807, 2.05) is 54.3 Å². The van der Waals surface area contributed by atoms with Crippen LogP contribution in [0.25, 0.3) is 32.5 Å². The summed E-state index contributed by atoms with van der Waals surface area (Å²) >= 11 is 0. The molecule has 5 aromatic rings. The van der Waals surface area contributed by atoms with Gasteiger partial charge >= 0.3 is 0 Å². The summed E-state index contributed by atoms with van der Waals surface area (Å²) in [4.78, 5) is 15.2. The van der Waals surface area contributed by atoms with E-state index in [4.69, 9.17) is 4.42 Å². The maximum absolute atomic E-state index is 13.3. The van der Waals surface area contributed by atoms with Crippen LogP contribution in [0.15, 0.2) is 89.5 Å². The van der Waals surface area contributed by atoms with Gasteiger partial charge in [-0.3, -0.25) is 4.79 Å². The average Bonchev–Trinajstić information content (AvgIpc) is 3.17. The molecule has 1 amide bonds. The number of furan rings is 1. The van der Waals surface area contributed by atoms with Crippen LogP contribution >= 0.6 is 0 Å². The lowest BCUT2D eigenvalue weighted by Crippen LogP contribution is -2.32. The molecular weight excluding hydrogens is 358 g/mol. The number of fused-ring (bicyclic) bond motifs is 4. The first-order valence-corrected chi connectivity index (χ1v) is 9.92. The van der Waals surface area contributed by atoms with E-state index in [1.54, 1.807) is 6.26 Å². The van der Waals surface area contributed by atoms with Crippen molar-refractivity contribution in [2.24, 2.45) is 0 Å². The Balaban J connectivity index is 1.56. The topological polar surface area (TPSA) is 33.5 Å². The molecule has 4 aromatic carbocycles. The van der Waals surface area contributed by atoms with Gasteiger partial charge in [0.15, 0.2) is 0 Å². The van der Waals surface area contributed by atoms with Crippen molar-refractivity contribution in [3.8, 4) is 0 Å². The Bertz CT molecular complexity index is 1340. The van der Waals surface area contributed by atoms with Gasteiger partial charge in [0, 0.05) is 22.9 Å². The van der Waals surface area contributed by atoms with Crippen molar-refractivity contribution >= 4 is 44.1 Å². The SMILES string of the molecule is CCN(C(=O)Cc1coc2ccc3ccccc3c12)c1cccc2ccccc12. The summed E-state index contributed by atoms with van der Waals surface area (Å²) < 4.78 is 5.78. The van der Waals surface area contributed by atoms with Crippen molar-refractivity contribution in [2.75, 3.05) is 11.4 Å². The van der Waals surface area contributed by atoms with E-state index in [0.717, 1.165) is 43.8 Å². The summed E-state index contributed by atoms with van der Waals surface area (Å²) in [6.07, 6.45) is 2.03. The van der Waals surface area contributed by atoms with Crippen molar-refractivity contribution in [3.63, 3.8) is 0 Å². The summed E-state index contributed by atoms with van der Waals surface area (Å²) in [5, 5.41) is 5.53. The number of hydrogen-bond acceptors (Lipinski definition) is 2. The van der Waals surface area contributed by atoms with Gasteiger partial charge < -0.3 is 9.32 Å². The highest BCUT2D eigenvalue weighted by molar-refractivity contribution is 6.10. The minimum Gasteiger partial charge on any atom is -0.464 e. The molecule has 0 aliphatic carbocycles. The summed E-state index contributed by atoms with van der Waals surface area (Å²) in [6, 6.07) is 26.5. The lowest BCUT2D eigenvalue weighted by molar-refractivity contribution is -0.117. The van der Waals surface area contributed by atoms with Gasteiger partial charge in [-0.1, -0.05) is 66.7 Å². The molecule has 0 unspecified atom stereocenters. The van der Waals surface area contributed by atoms with Gasteiger partial charge in [0.25, 0.3) is 0 Å². The lowest BCUT2D eigenvalue weighted by atomic mass is 10.0. The van der Waals surface area contributed by atoms with Gasteiger partial charge in [0.05, 0.1) is 18.4 Å². The summed E-state index contributed by atoms with van der Waals surface area (Å²) in [5.41, 5.74) is 2.70. The third-order valence-corrected chi connectivity index (χ3v) is 5.56. The van der Waals surface area contributed by atoms with Gasteiger partial charge in [0.1, 0.15) is 5.58 Å². The minimum atomic E-state index is 0.0690. The molecule has 0 saturated heterocycles. The van der Waals surface area contributed by atoms with Crippen molar-refractivity contribution in [1.82, 2.24) is 0 Å². The molecule has 0 aliphatic rings. The Hall–Kier alpha value is -3.59. The smallest absolute Gasteiger partial charge is 0.231 e. The number of rotatable bonds is 4. The van der Waals surface area contributed by atoms with E-state index in [-0.39, 0.29) is 5.91 Å². The number of likely N-dealkylation sites (N-methyl/N-ethyl adjacent to an activating group) is 1. The molecule has 5 rings (SSSR count). The maximum Gasteiger partial charge on any atom is 0.231 e. The second-order valence-electron chi connectivity index (χ2n) is 7.23. The Morgan fingerprint density at radius 1 is 0.828 bits per heavy atom. The second-order valence-corrected chi connectivity index (χ2v) is 7.23. The molecule has 0 fully saturated rings. The van der Waals surface area contributed by atoms with Crippen LogP contribution in [0.4, 0.5) is 5.69 Å². The zero-order chi connectivity index (χ0) is 19.8. The van der Waals surface area contributed by atoms with E-state index in [2.05, 4.69) is 36.4 Å². The fourth-order valence-corrected chi connectivity index (χ4v) is 4.19. The predicted molar refractivity (Wildman–Crippen MR) is 119 cm³/mol. The lowest BCUT2D eigenvalue weighted by Gasteiger charge is -2.23. The first-order chi connectivity index (χ1) is 14.3. The van der Waals surface area contributed by atoms with E-state index in [0.29, 0.717) is 13.0 Å². The molecule has 3 heteroatoms. The Morgan fingerprint density at radius 2 is 1.52 bits per heavy atom. The van der Waals surface area contributed by atoms with E-state index < -0.39 is 0 Å². The Morgan fingerprint density at radius 3 is 2.31 bits per heavy atom. The fraction of sp³-hybridized carbons (Fsp3) is 0.115. The predicted octanol–water partition coefficient (Wildman–Crippen LogP) is 6.33. The second kappa shape index (κ2) is 7.10. The molecule has 142 valence electrons. The summed E-state index contributed by atoms with van der Waals surface area (Å²) in [5.74, 6) is 0.0690. The number of nitrogens with zero attached hydrogens (tertiary/aromatic N) is 1. The molecule has 3 nitrogen and oxygen atoms in total. The van der Waals surface area contributed by atoms with Crippen LogP contribution in [0, 0.1) is 0 Å². The number of hydrogen-bond donors (Lipinski definition) is 0. The molecule has 0 aliphatic heterocycles. The van der Waals surface area contributed by atoms with E-state index in [1.165, 1.54) is 0 Å². The van der Waals surface area contributed by atoms with E-state index in [9.17, 15) is 4.79 Å². The molecule has 0 saturated carbocycles. The molecular formula is C26H21NO2. The van der Waals surface area contributed by atoms with Crippen LogP contribution in [-0.2, 0) is 11.2 Å². The summed E-state index contributed by atoms with van der Waals surface area (Å²) in [7, 11) is 0. The van der Waals surface area contributed by atoms with Crippen molar-refractivity contribution < 1.29 is 9.21 Å². The Kier molecular flexibility index (Phi) is 4.28. The van der Waals surface area contributed by atoms with Crippen molar-refractivity contribution in [2.45, 2.75) is 13.3 Å². The van der Waals surface area contributed by atoms with Gasteiger partial charge in [-0.2, -0.15) is 0 Å². The molecule has 0 N–H and O–H groups in total. The van der Waals surface area contributed by atoms with Gasteiger partial charge in [0.2, 0.25) is 5.91 Å². The number of anilines is 1. The molecule has 0 spiro atoms. The zero-order valence-corrected chi connectivity index (χ0v) is 16.3. The summed E-state index contributed by atoms with van der Waals surface area (Å²) in [6.45, 7) is 2.63. The van der Waals surface area contributed by atoms with E-state index >= 15 is 0 Å². The number of benzene rings is 4. The third kappa shape index (κ3) is 2.95. The standard InChI is InChI=1S/C26H21NO2/c1-2-27(23-13-7-10-18-8-3-5-11-21(18)23)25(28)16-20-17-29-24-15-14-19-9-4-6-12-22(19)26(20)24/h3-15,17H,2,16H2,1H3. The van der Waals surface area contributed by atoms with Crippen molar-refractivity contribution in [1.29, 1.82) is 0 Å². The first-order valence-electron chi connectivity index (χ1n) is 9.92. The number of carbonyl (C=O) groups is 1.